The standard InChI is InChI=1S/C34H41ClN12O3S/c1-44-13-15-46(16-14-44)23-7-11-47(12-8-23)29-18-30(50-3)28(17-24(29)22-19-39-45(2)21-22)41-34-38-20-25(35)33(42-34)40-27-6-5-26-31(37-10-9-36-26)32(27)43-51(4,48)49/h5-6,9-10,17-21,23,43H,7-8,11-16H2,1-4H3,(H2,38,40,41,42). The first-order chi connectivity index (χ1) is 24.5. The van der Waals surface area contributed by atoms with Crippen LogP contribution in [0.25, 0.3) is 22.2 Å². The van der Waals surface area contributed by atoms with E-state index in [1.165, 1.54) is 18.6 Å². The average Bonchev–Trinajstić information content (AvgIpc) is 3.56. The van der Waals surface area contributed by atoms with Gasteiger partial charge in [0.05, 0.1) is 48.3 Å². The third-order valence-electron chi connectivity index (χ3n) is 9.36. The summed E-state index contributed by atoms with van der Waals surface area (Å²) in [7, 11) is 2.08. The molecule has 2 fully saturated rings. The molecule has 2 aliphatic heterocycles. The molecule has 0 spiro atoms. The van der Waals surface area contributed by atoms with Crippen LogP contribution in [0.15, 0.2) is 55.2 Å². The highest BCUT2D eigenvalue weighted by atomic mass is 35.5. The summed E-state index contributed by atoms with van der Waals surface area (Å²) in [6.45, 7) is 6.35. The Bertz CT molecular complexity index is 2150. The Morgan fingerprint density at radius 1 is 0.922 bits per heavy atom. The highest BCUT2D eigenvalue weighted by Gasteiger charge is 2.29. The fourth-order valence-electron chi connectivity index (χ4n) is 6.74. The summed E-state index contributed by atoms with van der Waals surface area (Å²) < 4.78 is 34.9. The van der Waals surface area contributed by atoms with Crippen molar-refractivity contribution < 1.29 is 13.2 Å². The predicted octanol–water partition coefficient (Wildman–Crippen LogP) is 4.56. The van der Waals surface area contributed by atoms with Gasteiger partial charge >= 0.3 is 0 Å². The van der Waals surface area contributed by atoms with Gasteiger partial charge in [0.15, 0.2) is 5.82 Å². The van der Waals surface area contributed by atoms with Crippen LogP contribution in [0.3, 0.4) is 0 Å². The molecule has 15 nitrogen and oxygen atoms in total. The average molecular weight is 733 g/mol. The number of anilines is 6. The van der Waals surface area contributed by atoms with E-state index >= 15 is 0 Å². The Kier molecular flexibility index (Phi) is 9.83. The van der Waals surface area contributed by atoms with E-state index in [0.29, 0.717) is 34.2 Å². The monoisotopic (exact) mass is 732 g/mol. The zero-order valence-corrected chi connectivity index (χ0v) is 30.5. The molecule has 0 aliphatic carbocycles. The lowest BCUT2D eigenvalue weighted by Gasteiger charge is -2.43. The maximum atomic E-state index is 12.3. The number of likely N-dealkylation sites (N-methyl/N-ethyl adjacent to an activating group) is 1. The van der Waals surface area contributed by atoms with Crippen molar-refractivity contribution in [1.82, 2.24) is 39.5 Å². The molecule has 3 aromatic heterocycles. The van der Waals surface area contributed by atoms with Crippen LogP contribution in [0, 0.1) is 0 Å². The van der Waals surface area contributed by atoms with Crippen molar-refractivity contribution in [3.63, 3.8) is 0 Å². The number of nitrogens with one attached hydrogen (secondary N) is 3. The predicted molar refractivity (Wildman–Crippen MR) is 201 cm³/mol. The summed E-state index contributed by atoms with van der Waals surface area (Å²) in [6, 6.07) is 8.11. The number of benzene rings is 2. The first kappa shape index (κ1) is 34.7. The van der Waals surface area contributed by atoms with E-state index in [2.05, 4.69) is 68.2 Å². The minimum atomic E-state index is -3.66. The number of nitrogens with zero attached hydrogens (tertiary/aromatic N) is 9. The van der Waals surface area contributed by atoms with Crippen LogP contribution in [0.1, 0.15) is 12.8 Å². The molecule has 7 rings (SSSR count). The normalized spacial score (nSPS) is 16.4. The molecule has 5 aromatic rings. The number of hydrogen-bond acceptors (Lipinski definition) is 13. The first-order valence-corrected chi connectivity index (χ1v) is 19.0. The van der Waals surface area contributed by atoms with Gasteiger partial charge in [0, 0.05) is 93.8 Å². The van der Waals surface area contributed by atoms with E-state index in [1.54, 1.807) is 23.9 Å². The maximum absolute atomic E-state index is 12.3. The molecule has 17 heteroatoms. The molecule has 3 N–H and O–H groups in total. The summed E-state index contributed by atoms with van der Waals surface area (Å²) >= 11 is 6.57. The largest absolute Gasteiger partial charge is 0.494 e. The number of methoxy groups -OCH3 is 1. The Balaban J connectivity index is 1.18. The fourth-order valence-corrected chi connectivity index (χ4v) is 7.46. The number of piperazine rings is 1. The lowest BCUT2D eigenvalue weighted by Crippen LogP contribution is -2.52. The molecular formula is C34H41ClN12O3S. The third kappa shape index (κ3) is 7.78. The van der Waals surface area contributed by atoms with Crippen molar-refractivity contribution in [2.45, 2.75) is 18.9 Å². The quantitative estimate of drug-likeness (QED) is 0.184. The molecule has 0 bridgehead atoms. The van der Waals surface area contributed by atoms with Gasteiger partial charge in [0.1, 0.15) is 16.3 Å². The summed E-state index contributed by atoms with van der Waals surface area (Å²) in [5.41, 5.74) is 5.20. The number of ether oxygens (including phenoxy) is 1. The minimum absolute atomic E-state index is 0.221. The lowest BCUT2D eigenvalue weighted by atomic mass is 9.98. The molecule has 0 radical (unpaired) electrons. The van der Waals surface area contributed by atoms with Gasteiger partial charge in [-0.2, -0.15) is 10.1 Å². The fraction of sp³-hybridized carbons (Fsp3) is 0.382. The number of halogens is 1. The first-order valence-electron chi connectivity index (χ1n) is 16.7. The van der Waals surface area contributed by atoms with Crippen LogP contribution >= 0.6 is 11.6 Å². The number of sulfonamides is 1. The highest BCUT2D eigenvalue weighted by Crippen LogP contribution is 2.42. The van der Waals surface area contributed by atoms with Crippen LogP contribution in [0.4, 0.5) is 34.5 Å². The van der Waals surface area contributed by atoms with Gasteiger partial charge in [0.2, 0.25) is 16.0 Å². The summed E-state index contributed by atoms with van der Waals surface area (Å²) in [6.07, 6.45) is 11.6. The SMILES string of the molecule is COc1cc(N2CCC(N3CCN(C)CC3)CC2)c(-c2cnn(C)c2)cc1Nc1ncc(Cl)c(Nc2ccc3nccnc3c2NS(C)(=O)=O)n1. The molecule has 2 aromatic carbocycles. The smallest absolute Gasteiger partial charge is 0.229 e. The van der Waals surface area contributed by atoms with Crippen molar-refractivity contribution in [2.24, 2.45) is 7.05 Å². The van der Waals surface area contributed by atoms with Gasteiger partial charge in [-0.1, -0.05) is 11.6 Å². The molecule has 0 amide bonds. The molecule has 268 valence electrons. The number of piperidine rings is 1. The van der Waals surface area contributed by atoms with Crippen LogP contribution in [-0.2, 0) is 17.1 Å². The van der Waals surface area contributed by atoms with E-state index in [4.69, 9.17) is 16.3 Å². The topological polar surface area (TPSA) is 159 Å². The molecule has 5 heterocycles. The second-order valence-electron chi connectivity index (χ2n) is 13.0. The minimum Gasteiger partial charge on any atom is -0.494 e. The van der Waals surface area contributed by atoms with Crippen LogP contribution in [0.5, 0.6) is 5.75 Å². The number of aryl methyl sites for hydroxylation is 1. The van der Waals surface area contributed by atoms with E-state index in [9.17, 15) is 8.42 Å². The Morgan fingerprint density at radius 2 is 1.69 bits per heavy atom. The van der Waals surface area contributed by atoms with Gasteiger partial charge in [-0.3, -0.25) is 24.3 Å². The van der Waals surface area contributed by atoms with Crippen LogP contribution in [-0.4, -0.2) is 114 Å². The zero-order valence-electron chi connectivity index (χ0n) is 29.0. The number of aromatic nitrogens is 6. The lowest BCUT2D eigenvalue weighted by molar-refractivity contribution is 0.0982. The van der Waals surface area contributed by atoms with Crippen LogP contribution < -0.4 is 25.0 Å². The molecule has 0 unspecified atom stereocenters. The second kappa shape index (κ2) is 14.5. The van der Waals surface area contributed by atoms with Gasteiger partial charge in [-0.15, -0.1) is 0 Å². The highest BCUT2D eigenvalue weighted by molar-refractivity contribution is 7.92. The van der Waals surface area contributed by atoms with Crippen molar-refractivity contribution in [2.75, 3.05) is 79.9 Å². The molecule has 0 saturated carbocycles. The molecular weight excluding hydrogens is 692 g/mol. The van der Waals surface area contributed by atoms with E-state index in [1.807, 2.05) is 25.5 Å². The second-order valence-corrected chi connectivity index (χ2v) is 15.1. The molecule has 2 aliphatic rings. The summed E-state index contributed by atoms with van der Waals surface area (Å²) in [4.78, 5) is 25.2. The van der Waals surface area contributed by atoms with Gasteiger partial charge < -0.3 is 25.2 Å². The third-order valence-corrected chi connectivity index (χ3v) is 10.2. The van der Waals surface area contributed by atoms with E-state index < -0.39 is 10.0 Å². The Labute approximate surface area is 302 Å². The Morgan fingerprint density at radius 3 is 2.39 bits per heavy atom. The number of hydrogen-bond donors (Lipinski definition) is 3. The molecule has 2 saturated heterocycles. The van der Waals surface area contributed by atoms with Gasteiger partial charge in [-0.05, 0) is 38.1 Å². The molecule has 51 heavy (non-hydrogen) atoms. The van der Waals surface area contributed by atoms with Gasteiger partial charge in [0.25, 0.3) is 0 Å². The van der Waals surface area contributed by atoms with E-state index in [-0.39, 0.29) is 22.5 Å². The number of rotatable bonds is 10. The van der Waals surface area contributed by atoms with Crippen LogP contribution in [0.2, 0.25) is 5.02 Å². The Hall–Kier alpha value is -4.77. The number of fused-ring (bicyclic) bond motifs is 1. The van der Waals surface area contributed by atoms with Crippen molar-refractivity contribution in [3.05, 3.63) is 60.3 Å². The maximum Gasteiger partial charge on any atom is 0.229 e. The van der Waals surface area contributed by atoms with Crippen molar-refractivity contribution in [1.29, 1.82) is 0 Å². The zero-order chi connectivity index (χ0) is 35.7. The van der Waals surface area contributed by atoms with Crippen molar-refractivity contribution in [3.8, 4) is 16.9 Å². The summed E-state index contributed by atoms with van der Waals surface area (Å²) in [5.74, 6) is 1.12. The van der Waals surface area contributed by atoms with Gasteiger partial charge in [-0.25, -0.2) is 13.4 Å². The summed E-state index contributed by atoms with van der Waals surface area (Å²) in [5, 5.41) is 11.2. The molecule has 0 atom stereocenters. The van der Waals surface area contributed by atoms with E-state index in [0.717, 1.165) is 75.2 Å². The van der Waals surface area contributed by atoms with Crippen molar-refractivity contribution >= 4 is 67.2 Å².